The lowest BCUT2D eigenvalue weighted by Crippen LogP contribution is -2.03. The molecule has 0 radical (unpaired) electrons. The molecule has 4 aromatic rings. The molecule has 2 aromatic carbocycles. The van der Waals surface area contributed by atoms with Crippen molar-refractivity contribution < 1.29 is 10.2 Å². The van der Waals surface area contributed by atoms with Crippen LogP contribution in [0.2, 0.25) is 0 Å². The number of phenolic OH excluding ortho intramolecular Hbond substituents is 1. The van der Waals surface area contributed by atoms with E-state index in [4.69, 9.17) is 0 Å². The van der Waals surface area contributed by atoms with Crippen molar-refractivity contribution in [2.24, 2.45) is 0 Å². The van der Waals surface area contributed by atoms with Gasteiger partial charge in [0.2, 0.25) is 0 Å². The zero-order valence-electron chi connectivity index (χ0n) is 13.9. The molecule has 0 saturated heterocycles. The molecule has 26 heavy (non-hydrogen) atoms. The van der Waals surface area contributed by atoms with Gasteiger partial charge < -0.3 is 15.5 Å². The molecule has 7 nitrogen and oxygen atoms in total. The molecule has 0 amide bonds. The number of rotatable bonds is 5. The van der Waals surface area contributed by atoms with Gasteiger partial charge in [0.25, 0.3) is 0 Å². The van der Waals surface area contributed by atoms with E-state index in [1.807, 2.05) is 48.5 Å². The van der Waals surface area contributed by atoms with Crippen molar-refractivity contribution in [3.63, 3.8) is 0 Å². The van der Waals surface area contributed by atoms with Crippen LogP contribution in [0.5, 0.6) is 5.75 Å². The topological polar surface area (TPSA) is 95.6 Å². The van der Waals surface area contributed by atoms with Crippen LogP contribution < -0.4 is 5.32 Å². The lowest BCUT2D eigenvalue weighted by atomic mass is 10.1. The van der Waals surface area contributed by atoms with E-state index in [0.717, 1.165) is 16.8 Å². The largest absolute Gasteiger partial charge is 0.508 e. The minimum absolute atomic E-state index is 0.00972. The monoisotopic (exact) mass is 347 g/mol. The number of hydrogen-bond acceptors (Lipinski definition) is 6. The molecule has 2 aromatic heterocycles. The lowest BCUT2D eigenvalue weighted by molar-refractivity contribution is 0.282. The number of nitrogens with one attached hydrogen (secondary N) is 1. The standard InChI is InChI=1S/C19H17N5O2/c25-12-14-2-1-3-15(10-14)20-17-8-9-18-21-22-19(24(18)23-17)11-13-4-6-16(26)7-5-13/h1-10,25-26H,11-12H2,(H,20,23). The van der Waals surface area contributed by atoms with Gasteiger partial charge in [-0.3, -0.25) is 0 Å². The summed E-state index contributed by atoms with van der Waals surface area (Å²) in [6.45, 7) is -0.00972. The molecule has 0 spiro atoms. The summed E-state index contributed by atoms with van der Waals surface area (Å²) in [4.78, 5) is 0. The highest BCUT2D eigenvalue weighted by atomic mass is 16.3. The van der Waals surface area contributed by atoms with Crippen molar-refractivity contribution in [1.82, 2.24) is 19.8 Å². The SMILES string of the molecule is OCc1cccc(Nc2ccc3nnc(Cc4ccc(O)cc4)n3n2)c1. The van der Waals surface area contributed by atoms with E-state index in [1.165, 1.54) is 0 Å². The van der Waals surface area contributed by atoms with E-state index >= 15 is 0 Å². The van der Waals surface area contributed by atoms with Crippen molar-refractivity contribution in [1.29, 1.82) is 0 Å². The van der Waals surface area contributed by atoms with Crippen LogP contribution in [-0.4, -0.2) is 30.0 Å². The van der Waals surface area contributed by atoms with Gasteiger partial charge in [0.05, 0.1) is 6.61 Å². The summed E-state index contributed by atoms with van der Waals surface area (Å²) in [5.74, 6) is 1.59. The molecule has 0 atom stereocenters. The average Bonchev–Trinajstić information content (AvgIpc) is 3.06. The molecule has 0 fully saturated rings. The summed E-state index contributed by atoms with van der Waals surface area (Å²) < 4.78 is 1.70. The number of phenols is 1. The predicted octanol–water partition coefficient (Wildman–Crippen LogP) is 2.66. The van der Waals surface area contributed by atoms with Crippen LogP contribution in [0.15, 0.2) is 60.7 Å². The van der Waals surface area contributed by atoms with Gasteiger partial charge in [0, 0.05) is 12.1 Å². The molecule has 130 valence electrons. The molecular formula is C19H17N5O2. The average molecular weight is 347 g/mol. The smallest absolute Gasteiger partial charge is 0.178 e. The first-order valence-corrected chi connectivity index (χ1v) is 8.17. The molecule has 0 bridgehead atoms. The molecule has 3 N–H and O–H groups in total. The number of benzene rings is 2. The van der Waals surface area contributed by atoms with E-state index in [2.05, 4.69) is 20.6 Å². The van der Waals surface area contributed by atoms with Crippen LogP contribution in [0.4, 0.5) is 11.5 Å². The van der Waals surface area contributed by atoms with E-state index in [9.17, 15) is 10.2 Å². The van der Waals surface area contributed by atoms with Gasteiger partial charge >= 0.3 is 0 Å². The maximum absolute atomic E-state index is 9.40. The van der Waals surface area contributed by atoms with Crippen molar-refractivity contribution in [2.45, 2.75) is 13.0 Å². The normalized spacial score (nSPS) is 11.0. The molecular weight excluding hydrogens is 330 g/mol. The van der Waals surface area contributed by atoms with Crippen LogP contribution in [-0.2, 0) is 13.0 Å². The Bertz CT molecular complexity index is 1040. The summed E-state index contributed by atoms with van der Waals surface area (Å²) in [5.41, 5.74) is 3.34. The second-order valence-corrected chi connectivity index (χ2v) is 5.93. The number of fused-ring (bicyclic) bond motifs is 1. The zero-order valence-corrected chi connectivity index (χ0v) is 13.9. The number of aliphatic hydroxyl groups excluding tert-OH is 1. The van der Waals surface area contributed by atoms with E-state index in [1.54, 1.807) is 16.6 Å². The molecule has 0 unspecified atom stereocenters. The Kier molecular flexibility index (Phi) is 4.20. The van der Waals surface area contributed by atoms with E-state index in [-0.39, 0.29) is 12.4 Å². The molecule has 4 rings (SSSR count). The van der Waals surface area contributed by atoms with Gasteiger partial charge in [-0.15, -0.1) is 15.3 Å². The van der Waals surface area contributed by atoms with Crippen LogP contribution >= 0.6 is 0 Å². The molecule has 7 heteroatoms. The Labute approximate surface area is 149 Å². The lowest BCUT2D eigenvalue weighted by Gasteiger charge is -2.07. The third-order valence-electron chi connectivity index (χ3n) is 4.01. The third kappa shape index (κ3) is 3.33. The van der Waals surface area contributed by atoms with Crippen molar-refractivity contribution >= 4 is 17.2 Å². The summed E-state index contributed by atoms with van der Waals surface area (Å²) in [5, 5.41) is 34.8. The molecule has 2 heterocycles. The van der Waals surface area contributed by atoms with Crippen LogP contribution in [0.3, 0.4) is 0 Å². The fourth-order valence-corrected chi connectivity index (χ4v) is 2.70. The van der Waals surface area contributed by atoms with Gasteiger partial charge in [0.15, 0.2) is 17.3 Å². The first kappa shape index (κ1) is 16.0. The van der Waals surface area contributed by atoms with Crippen LogP contribution in [0.1, 0.15) is 17.0 Å². The van der Waals surface area contributed by atoms with Gasteiger partial charge in [-0.05, 0) is 47.5 Å². The second kappa shape index (κ2) is 6.81. The maximum Gasteiger partial charge on any atom is 0.178 e. The number of hydrogen-bond donors (Lipinski definition) is 3. The van der Waals surface area contributed by atoms with Gasteiger partial charge in [-0.25, -0.2) is 0 Å². The molecule has 0 saturated carbocycles. The number of aromatic nitrogens is 4. The highest BCUT2D eigenvalue weighted by Crippen LogP contribution is 2.18. The summed E-state index contributed by atoms with van der Waals surface area (Å²) in [6.07, 6.45) is 0.553. The Balaban J connectivity index is 1.62. The zero-order chi connectivity index (χ0) is 17.9. The Morgan fingerprint density at radius 2 is 1.77 bits per heavy atom. The Morgan fingerprint density at radius 1 is 0.923 bits per heavy atom. The summed E-state index contributed by atoms with van der Waals surface area (Å²) >= 11 is 0. The van der Waals surface area contributed by atoms with Crippen molar-refractivity contribution in [3.05, 3.63) is 77.6 Å². The fourth-order valence-electron chi connectivity index (χ4n) is 2.70. The quantitative estimate of drug-likeness (QED) is 0.514. The fraction of sp³-hybridized carbons (Fsp3) is 0.105. The highest BCUT2D eigenvalue weighted by molar-refractivity contribution is 5.58. The first-order valence-electron chi connectivity index (χ1n) is 8.17. The Hall–Kier alpha value is -3.45. The first-order chi connectivity index (χ1) is 12.7. The Morgan fingerprint density at radius 3 is 2.58 bits per heavy atom. The highest BCUT2D eigenvalue weighted by Gasteiger charge is 2.09. The number of anilines is 2. The van der Waals surface area contributed by atoms with Crippen molar-refractivity contribution in [2.75, 3.05) is 5.32 Å². The minimum Gasteiger partial charge on any atom is -0.508 e. The van der Waals surface area contributed by atoms with Gasteiger partial charge in [-0.2, -0.15) is 4.52 Å². The summed E-state index contributed by atoms with van der Waals surface area (Å²) in [6, 6.07) is 18.2. The van der Waals surface area contributed by atoms with Gasteiger partial charge in [-0.1, -0.05) is 24.3 Å². The van der Waals surface area contributed by atoms with E-state index in [0.29, 0.717) is 23.7 Å². The molecule has 0 aliphatic heterocycles. The number of nitrogens with zero attached hydrogens (tertiary/aromatic N) is 4. The number of aromatic hydroxyl groups is 1. The second-order valence-electron chi connectivity index (χ2n) is 5.93. The van der Waals surface area contributed by atoms with Crippen molar-refractivity contribution in [3.8, 4) is 5.75 Å². The predicted molar refractivity (Wildman–Crippen MR) is 97.3 cm³/mol. The third-order valence-corrected chi connectivity index (χ3v) is 4.01. The summed E-state index contributed by atoms with van der Waals surface area (Å²) in [7, 11) is 0. The number of aliphatic hydroxyl groups is 1. The minimum atomic E-state index is -0.00972. The molecule has 0 aliphatic rings. The van der Waals surface area contributed by atoms with E-state index < -0.39 is 0 Å². The van der Waals surface area contributed by atoms with Gasteiger partial charge in [0.1, 0.15) is 5.75 Å². The van der Waals surface area contributed by atoms with Crippen LogP contribution in [0.25, 0.3) is 5.65 Å². The maximum atomic E-state index is 9.40. The van der Waals surface area contributed by atoms with Crippen LogP contribution in [0, 0.1) is 0 Å². The molecule has 0 aliphatic carbocycles.